The largest absolute Gasteiger partial charge is 0.478 e. The second-order valence-corrected chi connectivity index (χ2v) is 4.79. The molecule has 1 aliphatic rings. The Morgan fingerprint density at radius 1 is 1.56 bits per heavy atom. The zero-order chi connectivity index (χ0) is 13.0. The summed E-state index contributed by atoms with van der Waals surface area (Å²) in [6.45, 7) is 1.85. The molecule has 2 rings (SSSR count). The van der Waals surface area contributed by atoms with Crippen molar-refractivity contribution >= 4 is 23.3 Å². The summed E-state index contributed by atoms with van der Waals surface area (Å²) in [5.74, 6) is -0.997. The Morgan fingerprint density at radius 3 is 3.17 bits per heavy atom. The first-order valence-corrected chi connectivity index (χ1v) is 6.40. The third-order valence-electron chi connectivity index (χ3n) is 3.01. The fourth-order valence-corrected chi connectivity index (χ4v) is 2.24. The van der Waals surface area contributed by atoms with E-state index in [0.717, 1.165) is 32.4 Å². The Hall–Kier alpha value is -1.33. The maximum atomic E-state index is 11.1. The highest BCUT2D eigenvalue weighted by Crippen LogP contribution is 2.21. The molecule has 1 aromatic heterocycles. The van der Waals surface area contributed by atoms with Gasteiger partial charge in [-0.2, -0.15) is 0 Å². The first kappa shape index (κ1) is 13.1. The number of nitrogens with zero attached hydrogens (tertiary/aromatic N) is 1. The monoisotopic (exact) mass is 269 g/mol. The summed E-state index contributed by atoms with van der Waals surface area (Å²) < 4.78 is 0. The van der Waals surface area contributed by atoms with Gasteiger partial charge in [0.15, 0.2) is 0 Å². The predicted molar refractivity (Wildman–Crippen MR) is 70.3 cm³/mol. The lowest BCUT2D eigenvalue weighted by Crippen LogP contribution is -2.31. The summed E-state index contributed by atoms with van der Waals surface area (Å²) in [7, 11) is 0. The Balaban J connectivity index is 2.15. The Kier molecular flexibility index (Phi) is 4.38. The highest BCUT2D eigenvalue weighted by atomic mass is 35.5. The molecule has 0 saturated carbocycles. The minimum Gasteiger partial charge on any atom is -0.478 e. The van der Waals surface area contributed by atoms with E-state index in [-0.39, 0.29) is 11.6 Å². The number of rotatable bonds is 3. The van der Waals surface area contributed by atoms with Crippen LogP contribution in [0.2, 0.25) is 5.15 Å². The first-order chi connectivity index (χ1) is 8.66. The van der Waals surface area contributed by atoms with Crippen LogP contribution in [0.3, 0.4) is 0 Å². The van der Waals surface area contributed by atoms with Gasteiger partial charge in [0.1, 0.15) is 10.7 Å². The molecule has 0 amide bonds. The number of carbonyl (C=O) groups is 1. The normalized spacial score (nSPS) is 20.2. The van der Waals surface area contributed by atoms with Crippen molar-refractivity contribution in [2.75, 3.05) is 18.4 Å². The Morgan fingerprint density at radius 2 is 2.39 bits per heavy atom. The Bertz CT molecular complexity index is 431. The number of carboxylic acid groups (broad SMARTS) is 1. The van der Waals surface area contributed by atoms with Crippen molar-refractivity contribution in [2.24, 2.45) is 0 Å². The van der Waals surface area contributed by atoms with Crippen LogP contribution in [0, 0.1) is 0 Å². The minimum atomic E-state index is -0.997. The summed E-state index contributed by atoms with van der Waals surface area (Å²) in [5.41, 5.74) is 0.694. The topological polar surface area (TPSA) is 74.2 Å². The van der Waals surface area contributed by atoms with E-state index in [1.54, 1.807) is 6.07 Å². The summed E-state index contributed by atoms with van der Waals surface area (Å²) >= 11 is 5.81. The van der Waals surface area contributed by atoms with Gasteiger partial charge in [-0.1, -0.05) is 18.0 Å². The summed E-state index contributed by atoms with van der Waals surface area (Å²) in [6.07, 6.45) is 4.59. The van der Waals surface area contributed by atoms with Gasteiger partial charge in [0.2, 0.25) is 0 Å². The van der Waals surface area contributed by atoms with E-state index >= 15 is 0 Å². The molecule has 98 valence electrons. The third kappa shape index (κ3) is 3.34. The molecule has 1 atom stereocenters. The maximum Gasteiger partial charge on any atom is 0.339 e. The zero-order valence-corrected chi connectivity index (χ0v) is 10.7. The summed E-state index contributed by atoms with van der Waals surface area (Å²) in [4.78, 5) is 14.9. The van der Waals surface area contributed by atoms with Gasteiger partial charge in [-0.3, -0.25) is 0 Å². The van der Waals surface area contributed by atoms with Gasteiger partial charge in [-0.15, -0.1) is 0 Å². The van der Waals surface area contributed by atoms with Crippen LogP contribution in [0.4, 0.5) is 5.69 Å². The third-order valence-corrected chi connectivity index (χ3v) is 3.21. The number of hydrogen-bond acceptors (Lipinski definition) is 4. The lowest BCUT2D eigenvalue weighted by Gasteiger charge is -2.19. The average molecular weight is 270 g/mol. The van der Waals surface area contributed by atoms with Crippen molar-refractivity contribution in [3.63, 3.8) is 0 Å². The van der Waals surface area contributed by atoms with Gasteiger partial charge in [0.25, 0.3) is 0 Å². The molecule has 3 N–H and O–H groups in total. The molecule has 2 heterocycles. The van der Waals surface area contributed by atoms with Crippen LogP contribution < -0.4 is 10.6 Å². The number of aromatic nitrogens is 1. The van der Waals surface area contributed by atoms with Crippen molar-refractivity contribution in [1.29, 1.82) is 0 Å². The van der Waals surface area contributed by atoms with Crippen LogP contribution in [-0.2, 0) is 0 Å². The van der Waals surface area contributed by atoms with Crippen LogP contribution in [0.1, 0.15) is 29.6 Å². The quantitative estimate of drug-likeness (QED) is 0.732. The van der Waals surface area contributed by atoms with Crippen molar-refractivity contribution in [2.45, 2.75) is 25.3 Å². The van der Waals surface area contributed by atoms with Gasteiger partial charge >= 0.3 is 5.97 Å². The van der Waals surface area contributed by atoms with Crippen LogP contribution in [0.15, 0.2) is 12.3 Å². The first-order valence-electron chi connectivity index (χ1n) is 6.03. The molecule has 0 bridgehead atoms. The van der Waals surface area contributed by atoms with Crippen molar-refractivity contribution in [1.82, 2.24) is 10.3 Å². The van der Waals surface area contributed by atoms with Gasteiger partial charge in [-0.25, -0.2) is 9.78 Å². The number of nitrogens with one attached hydrogen (secondary N) is 2. The predicted octanol–water partition coefficient (Wildman–Crippen LogP) is 1.99. The smallest absolute Gasteiger partial charge is 0.339 e. The minimum absolute atomic E-state index is 0.156. The van der Waals surface area contributed by atoms with E-state index in [9.17, 15) is 4.79 Å². The number of anilines is 1. The van der Waals surface area contributed by atoms with Crippen LogP contribution in [0.5, 0.6) is 0 Å². The van der Waals surface area contributed by atoms with Gasteiger partial charge in [-0.05, 0) is 25.5 Å². The maximum absolute atomic E-state index is 11.1. The molecule has 0 spiro atoms. The van der Waals surface area contributed by atoms with E-state index in [0.29, 0.717) is 10.8 Å². The molecule has 1 aromatic rings. The van der Waals surface area contributed by atoms with Crippen molar-refractivity contribution < 1.29 is 9.90 Å². The molecule has 0 aromatic carbocycles. The van der Waals surface area contributed by atoms with E-state index < -0.39 is 5.97 Å². The van der Waals surface area contributed by atoms with Crippen LogP contribution in [-0.4, -0.2) is 35.2 Å². The van der Waals surface area contributed by atoms with Gasteiger partial charge < -0.3 is 15.7 Å². The van der Waals surface area contributed by atoms with Crippen molar-refractivity contribution in [3.05, 3.63) is 23.0 Å². The van der Waals surface area contributed by atoms with Gasteiger partial charge in [0.05, 0.1) is 5.69 Å². The second kappa shape index (κ2) is 6.02. The number of hydrogen-bond donors (Lipinski definition) is 3. The second-order valence-electron chi connectivity index (χ2n) is 4.40. The van der Waals surface area contributed by atoms with Crippen LogP contribution in [0.25, 0.3) is 0 Å². The fraction of sp³-hybridized carbons (Fsp3) is 0.500. The van der Waals surface area contributed by atoms with E-state index in [2.05, 4.69) is 15.6 Å². The highest BCUT2D eigenvalue weighted by Gasteiger charge is 2.16. The molecule has 6 heteroatoms. The van der Waals surface area contributed by atoms with E-state index in [4.69, 9.17) is 16.7 Å². The number of pyridine rings is 1. The standard InChI is InChI=1S/C12H16ClN3O2/c13-11-5-10(9(7-15-11)12(17)18)16-8-3-1-2-4-14-6-8/h5,7-8,14H,1-4,6H2,(H,15,16)(H,17,18)/t8-/m0/s1. The Labute approximate surface area is 111 Å². The number of aromatic carboxylic acids is 1. The average Bonchev–Trinajstić information content (AvgIpc) is 2.57. The molecule has 0 radical (unpaired) electrons. The lowest BCUT2D eigenvalue weighted by atomic mass is 10.1. The van der Waals surface area contributed by atoms with Gasteiger partial charge in [0, 0.05) is 18.8 Å². The SMILES string of the molecule is O=C(O)c1cnc(Cl)cc1N[C@H]1CCCCNC1. The summed E-state index contributed by atoms with van der Waals surface area (Å²) in [5, 5.41) is 16.0. The number of carboxylic acids is 1. The summed E-state index contributed by atoms with van der Waals surface area (Å²) in [6, 6.07) is 1.79. The molecule has 0 aliphatic carbocycles. The van der Waals surface area contributed by atoms with Crippen LogP contribution >= 0.6 is 11.6 Å². The molecule has 5 nitrogen and oxygen atoms in total. The highest BCUT2D eigenvalue weighted by molar-refractivity contribution is 6.29. The fourth-order valence-electron chi connectivity index (χ4n) is 2.08. The molecular weight excluding hydrogens is 254 g/mol. The van der Waals surface area contributed by atoms with E-state index in [1.165, 1.54) is 6.20 Å². The zero-order valence-electron chi connectivity index (χ0n) is 9.95. The molecule has 1 saturated heterocycles. The number of halogens is 1. The van der Waals surface area contributed by atoms with Crippen molar-refractivity contribution in [3.8, 4) is 0 Å². The molecule has 1 fully saturated rings. The van der Waals surface area contributed by atoms with E-state index in [1.807, 2.05) is 0 Å². The lowest BCUT2D eigenvalue weighted by molar-refractivity contribution is 0.0697. The molecule has 18 heavy (non-hydrogen) atoms. The molecule has 1 aliphatic heterocycles. The molecule has 0 unspecified atom stereocenters. The molecular formula is C12H16ClN3O2.